The maximum Gasteiger partial charge on any atom is 0.332 e. The third-order valence-electron chi connectivity index (χ3n) is 4.32. The van der Waals surface area contributed by atoms with Crippen molar-refractivity contribution in [2.24, 2.45) is 14.1 Å². The van der Waals surface area contributed by atoms with Gasteiger partial charge in [0.1, 0.15) is 18.5 Å². The van der Waals surface area contributed by atoms with E-state index >= 15 is 0 Å². The standard InChI is InChI=1S/C18H23N5O5/c1-21-15-14(16(26)22(2)18(21)27)23(17(20-15)19-8-9-24)10-12(25)11-28-13-6-4-3-5-7-13/h3-7,12,24-25H,8-11H2,1-2H3,(H,19,20)/t12-/m0/s1. The molecule has 10 nitrogen and oxygen atoms in total. The molecule has 0 saturated heterocycles. The van der Waals surface area contributed by atoms with E-state index in [4.69, 9.17) is 9.84 Å². The quantitative estimate of drug-likeness (QED) is 0.464. The van der Waals surface area contributed by atoms with Crippen molar-refractivity contribution in [1.29, 1.82) is 0 Å². The van der Waals surface area contributed by atoms with Crippen molar-refractivity contribution in [3.8, 4) is 5.75 Å². The molecule has 0 bridgehead atoms. The molecule has 1 atom stereocenters. The summed E-state index contributed by atoms with van der Waals surface area (Å²) in [6.45, 7) is 0.0910. The molecule has 3 aromatic rings. The lowest BCUT2D eigenvalue weighted by Gasteiger charge is -2.16. The van der Waals surface area contributed by atoms with Crippen LogP contribution >= 0.6 is 0 Å². The normalized spacial score (nSPS) is 12.3. The number of imidazole rings is 1. The van der Waals surface area contributed by atoms with Crippen molar-refractivity contribution >= 4 is 17.1 Å². The maximum absolute atomic E-state index is 12.7. The van der Waals surface area contributed by atoms with Crippen molar-refractivity contribution in [3.05, 3.63) is 51.2 Å². The zero-order valence-electron chi connectivity index (χ0n) is 15.7. The van der Waals surface area contributed by atoms with Gasteiger partial charge in [-0.25, -0.2) is 4.79 Å². The highest BCUT2D eigenvalue weighted by Gasteiger charge is 2.21. The second-order valence-electron chi connectivity index (χ2n) is 6.35. The number of para-hydroxylation sites is 1. The molecule has 3 rings (SSSR count). The molecule has 0 fully saturated rings. The van der Waals surface area contributed by atoms with E-state index in [2.05, 4.69) is 10.3 Å². The zero-order chi connectivity index (χ0) is 20.3. The van der Waals surface area contributed by atoms with Crippen LogP contribution in [0, 0.1) is 0 Å². The minimum atomic E-state index is -0.936. The number of aliphatic hydroxyl groups excluding tert-OH is 2. The Kier molecular flexibility index (Phi) is 5.81. The summed E-state index contributed by atoms with van der Waals surface area (Å²) in [6, 6.07) is 9.07. The first-order chi connectivity index (χ1) is 13.4. The number of rotatable bonds is 8. The van der Waals surface area contributed by atoms with Gasteiger partial charge in [0, 0.05) is 20.6 Å². The number of aromatic nitrogens is 4. The van der Waals surface area contributed by atoms with Gasteiger partial charge in [-0.2, -0.15) is 4.98 Å². The second-order valence-corrected chi connectivity index (χ2v) is 6.35. The van der Waals surface area contributed by atoms with Crippen LogP contribution in [0.15, 0.2) is 39.9 Å². The maximum atomic E-state index is 12.7. The van der Waals surface area contributed by atoms with E-state index in [1.54, 1.807) is 12.1 Å². The van der Waals surface area contributed by atoms with Crippen LogP contribution in [0.4, 0.5) is 5.95 Å². The van der Waals surface area contributed by atoms with Gasteiger partial charge < -0.3 is 24.8 Å². The SMILES string of the molecule is Cn1c(=O)c2c(nc(NCCO)n2C[C@H](O)COc2ccccc2)n(C)c1=O. The van der Waals surface area contributed by atoms with Gasteiger partial charge in [0.05, 0.1) is 13.2 Å². The van der Waals surface area contributed by atoms with Gasteiger partial charge in [-0.3, -0.25) is 13.9 Å². The lowest BCUT2D eigenvalue weighted by Crippen LogP contribution is -2.38. The molecule has 0 aliphatic rings. The molecule has 0 aliphatic carbocycles. The molecular formula is C18H23N5O5. The average molecular weight is 389 g/mol. The Morgan fingerprint density at radius 3 is 2.57 bits per heavy atom. The molecule has 0 amide bonds. The molecule has 1 aromatic carbocycles. The molecular weight excluding hydrogens is 366 g/mol. The molecule has 28 heavy (non-hydrogen) atoms. The van der Waals surface area contributed by atoms with Crippen LogP contribution in [0.25, 0.3) is 11.2 Å². The molecule has 2 heterocycles. The van der Waals surface area contributed by atoms with Crippen LogP contribution in [0.2, 0.25) is 0 Å². The number of aliphatic hydroxyl groups is 2. The van der Waals surface area contributed by atoms with Gasteiger partial charge >= 0.3 is 5.69 Å². The van der Waals surface area contributed by atoms with Crippen LogP contribution < -0.4 is 21.3 Å². The highest BCUT2D eigenvalue weighted by Crippen LogP contribution is 2.17. The van der Waals surface area contributed by atoms with Crippen LogP contribution in [0.3, 0.4) is 0 Å². The first-order valence-electron chi connectivity index (χ1n) is 8.81. The predicted octanol–water partition coefficient (Wildman–Crippen LogP) is -0.722. The predicted molar refractivity (Wildman–Crippen MR) is 104 cm³/mol. The lowest BCUT2D eigenvalue weighted by molar-refractivity contribution is 0.0938. The number of hydrogen-bond acceptors (Lipinski definition) is 7. The van der Waals surface area contributed by atoms with Crippen molar-refractivity contribution in [1.82, 2.24) is 18.7 Å². The fraction of sp³-hybridized carbons (Fsp3) is 0.389. The van der Waals surface area contributed by atoms with E-state index in [0.717, 1.165) is 4.57 Å². The van der Waals surface area contributed by atoms with Crippen molar-refractivity contribution < 1.29 is 14.9 Å². The van der Waals surface area contributed by atoms with E-state index in [1.165, 1.54) is 23.2 Å². The smallest absolute Gasteiger partial charge is 0.332 e. The van der Waals surface area contributed by atoms with Gasteiger partial charge in [0.15, 0.2) is 11.2 Å². The van der Waals surface area contributed by atoms with Gasteiger partial charge in [0.2, 0.25) is 5.95 Å². The molecule has 0 radical (unpaired) electrons. The molecule has 2 aromatic heterocycles. The number of benzene rings is 1. The molecule has 0 unspecified atom stereocenters. The summed E-state index contributed by atoms with van der Waals surface area (Å²) in [6.07, 6.45) is -0.936. The summed E-state index contributed by atoms with van der Waals surface area (Å²) in [5.74, 6) is 0.898. The first kappa shape index (κ1) is 19.6. The third-order valence-corrected chi connectivity index (χ3v) is 4.32. The monoisotopic (exact) mass is 389 g/mol. The number of nitrogens with zero attached hydrogens (tertiary/aromatic N) is 4. The van der Waals surface area contributed by atoms with E-state index in [1.807, 2.05) is 18.2 Å². The second kappa shape index (κ2) is 8.28. The van der Waals surface area contributed by atoms with Gasteiger partial charge in [-0.15, -0.1) is 0 Å². The number of aryl methyl sites for hydroxylation is 1. The fourth-order valence-corrected chi connectivity index (χ4v) is 2.90. The van der Waals surface area contributed by atoms with Crippen molar-refractivity contribution in [2.75, 3.05) is 25.1 Å². The minimum absolute atomic E-state index is 0.00913. The summed E-state index contributed by atoms with van der Waals surface area (Å²) >= 11 is 0. The van der Waals surface area contributed by atoms with E-state index in [9.17, 15) is 14.7 Å². The van der Waals surface area contributed by atoms with Gasteiger partial charge in [-0.05, 0) is 12.1 Å². The number of anilines is 1. The van der Waals surface area contributed by atoms with E-state index in [0.29, 0.717) is 5.75 Å². The third kappa shape index (κ3) is 3.78. The van der Waals surface area contributed by atoms with Crippen molar-refractivity contribution in [3.63, 3.8) is 0 Å². The fourth-order valence-electron chi connectivity index (χ4n) is 2.90. The largest absolute Gasteiger partial charge is 0.491 e. The Morgan fingerprint density at radius 2 is 1.89 bits per heavy atom. The van der Waals surface area contributed by atoms with Crippen molar-refractivity contribution in [2.45, 2.75) is 12.6 Å². The topological polar surface area (TPSA) is 124 Å². The Morgan fingerprint density at radius 1 is 1.18 bits per heavy atom. The number of ether oxygens (including phenoxy) is 1. The van der Waals surface area contributed by atoms with E-state index < -0.39 is 17.4 Å². The van der Waals surface area contributed by atoms with Crippen LogP contribution in [0.1, 0.15) is 0 Å². The summed E-state index contributed by atoms with van der Waals surface area (Å²) in [5, 5.41) is 22.5. The molecule has 10 heteroatoms. The molecule has 0 saturated carbocycles. The number of fused-ring (bicyclic) bond motifs is 1. The first-order valence-corrected chi connectivity index (χ1v) is 8.81. The molecule has 0 aliphatic heterocycles. The Balaban J connectivity index is 1.95. The summed E-state index contributed by atoms with van der Waals surface area (Å²) < 4.78 is 9.33. The molecule has 0 spiro atoms. The molecule has 150 valence electrons. The van der Waals surface area contributed by atoms with E-state index in [-0.39, 0.29) is 43.4 Å². The van der Waals surface area contributed by atoms with Gasteiger partial charge in [-0.1, -0.05) is 18.2 Å². The van der Waals surface area contributed by atoms with Crippen LogP contribution in [-0.4, -0.2) is 54.8 Å². The molecule has 3 N–H and O–H groups in total. The minimum Gasteiger partial charge on any atom is -0.491 e. The zero-order valence-corrected chi connectivity index (χ0v) is 15.7. The highest BCUT2D eigenvalue weighted by atomic mass is 16.5. The highest BCUT2D eigenvalue weighted by molar-refractivity contribution is 5.74. The lowest BCUT2D eigenvalue weighted by atomic mass is 10.3. The summed E-state index contributed by atoms with van der Waals surface area (Å²) in [7, 11) is 2.91. The van der Waals surface area contributed by atoms with Gasteiger partial charge in [0.25, 0.3) is 5.56 Å². The van der Waals surface area contributed by atoms with Crippen LogP contribution in [0.5, 0.6) is 5.75 Å². The number of nitrogens with one attached hydrogen (secondary N) is 1. The summed E-state index contributed by atoms with van der Waals surface area (Å²) in [4.78, 5) is 29.2. The Hall–Kier alpha value is -3.11. The summed E-state index contributed by atoms with van der Waals surface area (Å²) in [5.41, 5.74) is -0.629. The average Bonchev–Trinajstić information content (AvgIpc) is 3.06. The Labute approximate surface area is 160 Å². The Bertz CT molecular complexity index is 1070. The van der Waals surface area contributed by atoms with Crippen LogP contribution in [-0.2, 0) is 20.6 Å². The number of hydrogen-bond donors (Lipinski definition) is 3.